The molecule has 1 aromatic heterocycles. The molecular formula is C42H41N7O11. The van der Waals surface area contributed by atoms with Gasteiger partial charge in [-0.2, -0.15) is 0 Å². The molecule has 2 aliphatic rings. The number of rotatable bonds is 20. The predicted octanol–water partition coefficient (Wildman–Crippen LogP) is 2.69. The van der Waals surface area contributed by atoms with Crippen molar-refractivity contribution < 1.29 is 53.2 Å². The van der Waals surface area contributed by atoms with E-state index in [0.717, 1.165) is 9.80 Å². The minimum Gasteiger partial charge on any atom is -0.507 e. The zero-order valence-corrected chi connectivity index (χ0v) is 32.5. The number of nitrogens with zero attached hydrogens (tertiary/aromatic N) is 5. The van der Waals surface area contributed by atoms with Gasteiger partial charge in [0.1, 0.15) is 28.7 Å². The first-order chi connectivity index (χ1) is 29.0. The molecule has 0 atom stereocenters. The average molecular weight is 820 g/mol. The molecule has 2 aliphatic heterocycles. The maximum atomic E-state index is 12.2. The molecule has 60 heavy (non-hydrogen) atoms. The normalized spacial score (nSPS) is 13.3. The van der Waals surface area contributed by atoms with Crippen molar-refractivity contribution in [1.29, 1.82) is 0 Å². The lowest BCUT2D eigenvalue weighted by molar-refractivity contribution is -0.139. The number of nitrogens with one attached hydrogen (secondary N) is 2. The Labute approximate surface area is 343 Å². The second-order valence-electron chi connectivity index (χ2n) is 13.3. The van der Waals surface area contributed by atoms with E-state index in [1.54, 1.807) is 55.6 Å². The predicted molar refractivity (Wildman–Crippen MR) is 213 cm³/mol. The van der Waals surface area contributed by atoms with E-state index in [9.17, 15) is 39.0 Å². The number of phenols is 2. The van der Waals surface area contributed by atoms with Gasteiger partial charge in [0.15, 0.2) is 17.5 Å². The number of imide groups is 2. The minimum absolute atomic E-state index is 0.00536. The van der Waals surface area contributed by atoms with Crippen LogP contribution in [-0.2, 0) is 28.8 Å². The molecule has 3 heterocycles. The van der Waals surface area contributed by atoms with Gasteiger partial charge in [-0.15, -0.1) is 0 Å². The van der Waals surface area contributed by atoms with E-state index in [0.29, 0.717) is 48.7 Å². The lowest BCUT2D eigenvalue weighted by atomic mass is 10.1. The van der Waals surface area contributed by atoms with Crippen LogP contribution in [-0.4, -0.2) is 117 Å². The van der Waals surface area contributed by atoms with Crippen molar-refractivity contribution in [3.05, 3.63) is 85.0 Å². The largest absolute Gasteiger partial charge is 0.507 e. The summed E-state index contributed by atoms with van der Waals surface area (Å²) in [5.74, 6) is -0.949. The van der Waals surface area contributed by atoms with E-state index in [1.807, 2.05) is 0 Å². The van der Waals surface area contributed by atoms with Gasteiger partial charge in [0.25, 0.3) is 23.6 Å². The number of aromatic hydroxyl groups is 2. The third-order valence-electron chi connectivity index (χ3n) is 9.15. The van der Waals surface area contributed by atoms with Crippen LogP contribution in [0.15, 0.2) is 85.0 Å². The van der Waals surface area contributed by atoms with Crippen LogP contribution in [0.3, 0.4) is 0 Å². The highest BCUT2D eigenvalue weighted by atomic mass is 16.5. The molecule has 0 saturated carbocycles. The number of carbonyl (C=O) groups excluding carboxylic acids is 6. The summed E-state index contributed by atoms with van der Waals surface area (Å²) in [6.45, 7) is 0.996. The smallest absolute Gasteiger partial charge is 0.253 e. The SMILES string of the molecule is COc1ccc(-c2nc(-c3ccc(OCCCNC(=O)CCN4C(=O)C=CC4=O)cc3O)nc(-c3ccc(OCCCNC(=O)CCN4C(=O)C=CC4=O)cc3O)n2)cc1. The molecule has 0 fully saturated rings. The third kappa shape index (κ3) is 10.9. The van der Waals surface area contributed by atoms with Gasteiger partial charge in [-0.25, -0.2) is 15.0 Å². The Morgan fingerprint density at radius 1 is 0.583 bits per heavy atom. The maximum absolute atomic E-state index is 12.2. The van der Waals surface area contributed by atoms with E-state index in [1.165, 1.54) is 36.4 Å². The van der Waals surface area contributed by atoms with Gasteiger partial charge in [0.05, 0.1) is 31.5 Å². The number of phenolic OH excluding ortho intramolecular Hbond substituents is 2. The summed E-state index contributed by atoms with van der Waals surface area (Å²) in [5, 5.41) is 27.6. The molecule has 0 saturated heterocycles. The van der Waals surface area contributed by atoms with E-state index in [-0.39, 0.29) is 91.1 Å². The highest BCUT2D eigenvalue weighted by molar-refractivity contribution is 6.13. The number of methoxy groups -OCH3 is 1. The van der Waals surface area contributed by atoms with Gasteiger partial charge in [-0.1, -0.05) is 0 Å². The Bertz CT molecular complexity index is 2180. The van der Waals surface area contributed by atoms with Crippen molar-refractivity contribution in [3.8, 4) is 62.9 Å². The summed E-state index contributed by atoms with van der Waals surface area (Å²) in [5.41, 5.74) is 1.14. The van der Waals surface area contributed by atoms with Crippen molar-refractivity contribution in [2.75, 3.05) is 46.5 Å². The van der Waals surface area contributed by atoms with Crippen molar-refractivity contribution in [2.24, 2.45) is 0 Å². The lowest BCUT2D eigenvalue weighted by Crippen LogP contribution is -2.35. The summed E-state index contributed by atoms with van der Waals surface area (Å²) in [6.07, 6.45) is 5.51. The summed E-state index contributed by atoms with van der Waals surface area (Å²) < 4.78 is 16.8. The molecule has 0 radical (unpaired) electrons. The number of hydrogen-bond acceptors (Lipinski definition) is 14. The first kappa shape index (κ1) is 42.0. The molecule has 0 unspecified atom stereocenters. The Morgan fingerprint density at radius 2 is 0.983 bits per heavy atom. The molecule has 0 aliphatic carbocycles. The highest BCUT2D eigenvalue weighted by Crippen LogP contribution is 2.36. The van der Waals surface area contributed by atoms with Gasteiger partial charge >= 0.3 is 0 Å². The second kappa shape index (κ2) is 19.7. The topological polar surface area (TPSA) is 240 Å². The number of carbonyl (C=O) groups is 6. The van der Waals surface area contributed by atoms with E-state index in [4.69, 9.17) is 14.2 Å². The standard InChI is InChI=1S/C42H41N7O11/c1-58-27-6-4-26(5-7-27)40-45-41(30-10-8-28(24-32(30)50)59-22-2-18-43-34(52)16-20-48-36(54)12-13-37(48)55)47-42(46-40)31-11-9-29(25-33(31)51)60-23-3-19-44-35(53)17-21-49-38(56)14-15-39(49)57/h4-15,24-25,50-51H,2-3,16-23H2,1H3,(H,43,52)(H,44,53). The van der Waals surface area contributed by atoms with Crippen LogP contribution in [0.1, 0.15) is 25.7 Å². The zero-order valence-electron chi connectivity index (χ0n) is 32.5. The van der Waals surface area contributed by atoms with Crippen molar-refractivity contribution in [2.45, 2.75) is 25.7 Å². The van der Waals surface area contributed by atoms with Crippen LogP contribution < -0.4 is 24.8 Å². The van der Waals surface area contributed by atoms with Gasteiger partial charge < -0.3 is 35.1 Å². The fourth-order valence-electron chi connectivity index (χ4n) is 5.95. The number of ether oxygens (including phenoxy) is 3. The van der Waals surface area contributed by atoms with Crippen LogP contribution in [0, 0.1) is 0 Å². The molecule has 0 spiro atoms. The average Bonchev–Trinajstić information content (AvgIpc) is 3.75. The second-order valence-corrected chi connectivity index (χ2v) is 13.3. The summed E-state index contributed by atoms with van der Waals surface area (Å²) in [7, 11) is 1.55. The Hall–Kier alpha value is -7.63. The van der Waals surface area contributed by atoms with Crippen molar-refractivity contribution in [3.63, 3.8) is 0 Å². The van der Waals surface area contributed by atoms with Gasteiger partial charge in [0, 0.05) is 81.0 Å². The van der Waals surface area contributed by atoms with E-state index >= 15 is 0 Å². The van der Waals surface area contributed by atoms with E-state index < -0.39 is 23.6 Å². The third-order valence-corrected chi connectivity index (χ3v) is 9.15. The number of benzene rings is 3. The van der Waals surface area contributed by atoms with Crippen molar-refractivity contribution in [1.82, 2.24) is 35.4 Å². The molecule has 18 nitrogen and oxygen atoms in total. The minimum atomic E-state index is -0.443. The van der Waals surface area contributed by atoms with Crippen molar-refractivity contribution >= 4 is 35.4 Å². The summed E-state index contributed by atoms with van der Waals surface area (Å²) >= 11 is 0. The Balaban J connectivity index is 1.05. The van der Waals surface area contributed by atoms with Gasteiger partial charge in [-0.05, 0) is 61.4 Å². The van der Waals surface area contributed by atoms with Crippen LogP contribution in [0.5, 0.6) is 28.7 Å². The number of amides is 6. The molecule has 18 heteroatoms. The molecule has 310 valence electrons. The first-order valence-corrected chi connectivity index (χ1v) is 18.9. The van der Waals surface area contributed by atoms with Gasteiger partial charge in [-0.3, -0.25) is 38.6 Å². The monoisotopic (exact) mass is 819 g/mol. The Kier molecular flexibility index (Phi) is 13.8. The molecule has 4 N–H and O–H groups in total. The molecular weight excluding hydrogens is 778 g/mol. The molecule has 0 bridgehead atoms. The van der Waals surface area contributed by atoms with Crippen LogP contribution in [0.25, 0.3) is 34.2 Å². The Morgan fingerprint density at radius 3 is 1.38 bits per heavy atom. The van der Waals surface area contributed by atoms with Crippen LogP contribution in [0.4, 0.5) is 0 Å². The van der Waals surface area contributed by atoms with Gasteiger partial charge in [0.2, 0.25) is 11.8 Å². The molecule has 3 aromatic carbocycles. The number of hydrogen-bond donors (Lipinski definition) is 4. The first-order valence-electron chi connectivity index (χ1n) is 18.9. The maximum Gasteiger partial charge on any atom is 0.253 e. The molecule has 6 rings (SSSR count). The molecule has 6 amide bonds. The fourth-order valence-corrected chi connectivity index (χ4v) is 5.95. The molecule has 4 aromatic rings. The van der Waals surface area contributed by atoms with E-state index in [2.05, 4.69) is 25.6 Å². The van der Waals surface area contributed by atoms with Crippen LogP contribution >= 0.6 is 0 Å². The summed E-state index contributed by atoms with van der Waals surface area (Å²) in [4.78, 5) is 86.8. The number of aromatic nitrogens is 3. The quantitative estimate of drug-likeness (QED) is 0.0741. The lowest BCUT2D eigenvalue weighted by Gasteiger charge is -2.14. The summed E-state index contributed by atoms with van der Waals surface area (Å²) in [6, 6.07) is 16.3. The fraction of sp³-hybridized carbons (Fsp3) is 0.262. The van der Waals surface area contributed by atoms with Crippen LogP contribution in [0.2, 0.25) is 0 Å². The zero-order chi connectivity index (χ0) is 42.6. The highest BCUT2D eigenvalue weighted by Gasteiger charge is 2.25.